The van der Waals surface area contributed by atoms with Gasteiger partial charge in [0.15, 0.2) is 0 Å². The number of benzene rings is 1. The number of hydrogen-bond donors (Lipinski definition) is 1. The fourth-order valence-corrected chi connectivity index (χ4v) is 2.84. The van der Waals surface area contributed by atoms with Gasteiger partial charge in [0.05, 0.1) is 0 Å². The van der Waals surface area contributed by atoms with E-state index in [4.69, 9.17) is 4.74 Å². The van der Waals surface area contributed by atoms with Crippen LogP contribution in [0.3, 0.4) is 0 Å². The highest BCUT2D eigenvalue weighted by atomic mass is 16.6. The predicted molar refractivity (Wildman–Crippen MR) is 100.0 cm³/mol. The third-order valence-corrected chi connectivity index (χ3v) is 4.23. The van der Waals surface area contributed by atoms with E-state index in [0.717, 1.165) is 25.9 Å². The molecule has 134 valence electrons. The summed E-state index contributed by atoms with van der Waals surface area (Å²) in [5.41, 5.74) is 3.20. The molecular weight excluding hydrogens is 302 g/mol. The minimum absolute atomic E-state index is 0.201. The Morgan fingerprint density at radius 2 is 1.88 bits per heavy atom. The zero-order valence-corrected chi connectivity index (χ0v) is 15.8. The van der Waals surface area contributed by atoms with Crippen LogP contribution in [0.1, 0.15) is 39.2 Å². The monoisotopic (exact) mass is 333 g/mol. The van der Waals surface area contributed by atoms with E-state index < -0.39 is 5.60 Å². The van der Waals surface area contributed by atoms with Crippen LogP contribution in [0.4, 0.5) is 16.2 Å². The maximum Gasteiger partial charge on any atom is 0.410 e. The number of anilines is 2. The van der Waals surface area contributed by atoms with Crippen LogP contribution in [0, 0.1) is 6.92 Å². The van der Waals surface area contributed by atoms with Crippen molar-refractivity contribution < 1.29 is 9.53 Å². The second kappa shape index (κ2) is 7.32. The molecule has 0 saturated carbocycles. The summed E-state index contributed by atoms with van der Waals surface area (Å²) in [6, 6.07) is 6.86. The molecule has 5 nitrogen and oxygen atoms in total. The third-order valence-electron chi connectivity index (χ3n) is 4.23. The van der Waals surface area contributed by atoms with Crippen molar-refractivity contribution in [1.29, 1.82) is 0 Å². The molecule has 1 aliphatic heterocycles. The number of nitrogens with zero attached hydrogens (tertiary/aromatic N) is 2. The quantitative estimate of drug-likeness (QED) is 0.912. The minimum Gasteiger partial charge on any atom is -0.444 e. The fraction of sp³-hybridized carbons (Fsp3) is 0.632. The van der Waals surface area contributed by atoms with Crippen LogP contribution in [-0.2, 0) is 4.74 Å². The molecule has 1 aromatic rings. The Morgan fingerprint density at radius 3 is 2.38 bits per heavy atom. The lowest BCUT2D eigenvalue weighted by Gasteiger charge is -2.34. The molecule has 0 bridgehead atoms. The van der Waals surface area contributed by atoms with Gasteiger partial charge in [-0.3, -0.25) is 0 Å². The molecule has 1 amide bonds. The van der Waals surface area contributed by atoms with Gasteiger partial charge >= 0.3 is 6.09 Å². The lowest BCUT2D eigenvalue weighted by atomic mass is 10.0. The third kappa shape index (κ3) is 5.05. The van der Waals surface area contributed by atoms with Crippen LogP contribution < -0.4 is 10.2 Å². The smallest absolute Gasteiger partial charge is 0.410 e. The van der Waals surface area contributed by atoms with Crippen molar-refractivity contribution in [1.82, 2.24) is 4.90 Å². The van der Waals surface area contributed by atoms with Gasteiger partial charge < -0.3 is 19.9 Å². The molecular formula is C19H31N3O2. The molecule has 1 N–H and O–H groups in total. The first-order valence-corrected chi connectivity index (χ1v) is 8.68. The maximum absolute atomic E-state index is 12.1. The van der Waals surface area contributed by atoms with Gasteiger partial charge in [0.2, 0.25) is 0 Å². The van der Waals surface area contributed by atoms with Gasteiger partial charge in [-0.25, -0.2) is 4.79 Å². The number of rotatable bonds is 3. The molecule has 2 rings (SSSR count). The van der Waals surface area contributed by atoms with Crippen LogP contribution in [0.2, 0.25) is 0 Å². The number of likely N-dealkylation sites (tertiary alicyclic amines) is 1. The van der Waals surface area contributed by atoms with Crippen molar-refractivity contribution in [3.05, 3.63) is 23.8 Å². The van der Waals surface area contributed by atoms with Crippen molar-refractivity contribution >= 4 is 17.5 Å². The molecule has 0 aliphatic carbocycles. The molecule has 0 unspecified atom stereocenters. The second-order valence-corrected chi connectivity index (χ2v) is 7.78. The van der Waals surface area contributed by atoms with Crippen molar-refractivity contribution in [3.8, 4) is 0 Å². The molecule has 0 spiro atoms. The van der Waals surface area contributed by atoms with Crippen molar-refractivity contribution in [2.75, 3.05) is 37.4 Å². The molecule has 24 heavy (non-hydrogen) atoms. The molecule has 1 saturated heterocycles. The van der Waals surface area contributed by atoms with Gasteiger partial charge in [0.25, 0.3) is 0 Å². The summed E-state index contributed by atoms with van der Waals surface area (Å²) < 4.78 is 5.45. The predicted octanol–water partition coefficient (Wildman–Crippen LogP) is 3.87. The molecule has 1 fully saturated rings. The first-order valence-electron chi connectivity index (χ1n) is 8.68. The summed E-state index contributed by atoms with van der Waals surface area (Å²) in [5.74, 6) is 0. The zero-order valence-electron chi connectivity index (χ0n) is 15.8. The molecule has 0 radical (unpaired) electrons. The average molecular weight is 333 g/mol. The van der Waals surface area contributed by atoms with Crippen LogP contribution >= 0.6 is 0 Å². The Morgan fingerprint density at radius 1 is 1.25 bits per heavy atom. The van der Waals surface area contributed by atoms with E-state index in [1.807, 2.05) is 39.8 Å². The molecule has 1 heterocycles. The number of aryl methyl sites for hydroxylation is 1. The van der Waals surface area contributed by atoms with E-state index in [0.29, 0.717) is 6.04 Å². The van der Waals surface area contributed by atoms with Gasteiger partial charge in [-0.1, -0.05) is 0 Å². The summed E-state index contributed by atoms with van der Waals surface area (Å²) in [4.78, 5) is 16.0. The topological polar surface area (TPSA) is 44.8 Å². The van der Waals surface area contributed by atoms with Crippen LogP contribution in [0.5, 0.6) is 0 Å². The normalized spacial score (nSPS) is 16.0. The highest BCUT2D eigenvalue weighted by Gasteiger charge is 2.26. The maximum atomic E-state index is 12.1. The standard InChI is InChI=1S/C19H31N3O2/c1-14-13-16(21(5)6)7-8-17(14)20-15-9-11-22(12-10-15)18(23)24-19(2,3)4/h7-8,13,15,20H,9-12H2,1-6H3. The zero-order chi connectivity index (χ0) is 17.9. The van der Waals surface area contributed by atoms with Gasteiger partial charge in [-0.15, -0.1) is 0 Å². The van der Waals surface area contributed by atoms with Crippen LogP contribution in [0.25, 0.3) is 0 Å². The Balaban J connectivity index is 1.88. The van der Waals surface area contributed by atoms with E-state index in [1.165, 1.54) is 16.9 Å². The van der Waals surface area contributed by atoms with Crippen molar-refractivity contribution in [2.45, 2.75) is 52.2 Å². The van der Waals surface area contributed by atoms with E-state index in [2.05, 4.69) is 35.3 Å². The van der Waals surface area contributed by atoms with E-state index in [-0.39, 0.29) is 6.09 Å². The number of piperidine rings is 1. The Hall–Kier alpha value is -1.91. The fourth-order valence-electron chi connectivity index (χ4n) is 2.84. The average Bonchev–Trinajstić information content (AvgIpc) is 2.48. The Labute approximate surface area is 146 Å². The Kier molecular flexibility index (Phi) is 5.62. The van der Waals surface area contributed by atoms with E-state index >= 15 is 0 Å². The molecule has 1 aliphatic rings. The minimum atomic E-state index is -0.433. The summed E-state index contributed by atoms with van der Waals surface area (Å²) in [5, 5.41) is 3.63. The molecule has 5 heteroatoms. The lowest BCUT2D eigenvalue weighted by molar-refractivity contribution is 0.0210. The van der Waals surface area contributed by atoms with Crippen LogP contribution in [-0.4, -0.2) is 49.8 Å². The Bertz CT molecular complexity index is 570. The summed E-state index contributed by atoms with van der Waals surface area (Å²) in [6.07, 6.45) is 1.68. The number of carbonyl (C=O) groups is 1. The molecule has 1 aromatic carbocycles. The van der Waals surface area contributed by atoms with Gasteiger partial charge in [-0.05, 0) is 64.3 Å². The van der Waals surface area contributed by atoms with Gasteiger partial charge in [0, 0.05) is 44.6 Å². The second-order valence-electron chi connectivity index (χ2n) is 7.78. The van der Waals surface area contributed by atoms with E-state index in [1.54, 1.807) is 0 Å². The number of hydrogen-bond acceptors (Lipinski definition) is 4. The summed E-state index contributed by atoms with van der Waals surface area (Å²) >= 11 is 0. The van der Waals surface area contributed by atoms with Gasteiger partial charge in [0.1, 0.15) is 5.60 Å². The number of amides is 1. The largest absolute Gasteiger partial charge is 0.444 e. The SMILES string of the molecule is Cc1cc(N(C)C)ccc1NC1CCN(C(=O)OC(C)(C)C)CC1. The van der Waals surface area contributed by atoms with E-state index in [9.17, 15) is 4.79 Å². The molecule has 0 aromatic heterocycles. The van der Waals surface area contributed by atoms with Gasteiger partial charge in [-0.2, -0.15) is 0 Å². The first kappa shape index (κ1) is 18.4. The highest BCUT2D eigenvalue weighted by Crippen LogP contribution is 2.24. The number of nitrogens with one attached hydrogen (secondary N) is 1. The van der Waals surface area contributed by atoms with Crippen LogP contribution in [0.15, 0.2) is 18.2 Å². The summed E-state index contributed by atoms with van der Waals surface area (Å²) in [6.45, 7) is 9.31. The van der Waals surface area contributed by atoms with Crippen molar-refractivity contribution in [2.24, 2.45) is 0 Å². The van der Waals surface area contributed by atoms with Crippen molar-refractivity contribution in [3.63, 3.8) is 0 Å². The number of ether oxygens (including phenoxy) is 1. The lowest BCUT2D eigenvalue weighted by Crippen LogP contribution is -2.44. The summed E-state index contributed by atoms with van der Waals surface area (Å²) in [7, 11) is 4.10. The number of carbonyl (C=O) groups excluding carboxylic acids is 1. The highest BCUT2D eigenvalue weighted by molar-refractivity contribution is 5.68. The molecule has 0 atom stereocenters. The first-order chi connectivity index (χ1) is 11.2.